The fourth-order valence-electron chi connectivity index (χ4n) is 1.89. The van der Waals surface area contributed by atoms with Gasteiger partial charge in [-0.15, -0.1) is 10.2 Å². The molecule has 1 aromatic heterocycles. The molecular weight excluding hydrogens is 304 g/mol. The Morgan fingerprint density at radius 1 is 1.05 bits per heavy atom. The van der Waals surface area contributed by atoms with Crippen molar-refractivity contribution in [3.63, 3.8) is 0 Å². The summed E-state index contributed by atoms with van der Waals surface area (Å²) in [6, 6.07) is 3.57. The van der Waals surface area contributed by atoms with E-state index in [1.54, 1.807) is 45.2 Å². The summed E-state index contributed by atoms with van der Waals surface area (Å²) in [6.07, 6.45) is 2.26. The molecule has 0 saturated carbocycles. The molecule has 0 aliphatic rings. The Kier molecular flexibility index (Phi) is 5.94. The van der Waals surface area contributed by atoms with Crippen LogP contribution in [0.5, 0.6) is 17.2 Å². The van der Waals surface area contributed by atoms with Gasteiger partial charge >= 0.3 is 0 Å². The second-order valence-corrected chi connectivity index (χ2v) is 5.54. The van der Waals surface area contributed by atoms with E-state index in [1.807, 2.05) is 0 Å². The van der Waals surface area contributed by atoms with Gasteiger partial charge < -0.3 is 18.6 Å². The van der Waals surface area contributed by atoms with E-state index in [0.717, 1.165) is 24.2 Å². The van der Waals surface area contributed by atoms with Crippen LogP contribution in [-0.4, -0.2) is 37.3 Å². The topological polar surface area (TPSA) is 66.6 Å². The lowest BCUT2D eigenvalue weighted by atomic mass is 10.2. The normalized spacial score (nSPS) is 10.5. The highest BCUT2D eigenvalue weighted by molar-refractivity contribution is 7.99. The summed E-state index contributed by atoms with van der Waals surface area (Å²) < 4.78 is 21.6. The Balaban J connectivity index is 2.28. The summed E-state index contributed by atoms with van der Waals surface area (Å²) in [5, 5.41) is 8.70. The van der Waals surface area contributed by atoms with E-state index < -0.39 is 0 Å². The molecule has 0 radical (unpaired) electrons. The molecule has 0 fully saturated rings. The molecule has 0 bridgehead atoms. The molecule has 7 heteroatoms. The lowest BCUT2D eigenvalue weighted by molar-refractivity contribution is 0.324. The molecule has 0 unspecified atom stereocenters. The van der Waals surface area contributed by atoms with Crippen LogP contribution in [0.2, 0.25) is 0 Å². The third-order valence-electron chi connectivity index (χ3n) is 3.04. The first-order chi connectivity index (χ1) is 10.7. The highest BCUT2D eigenvalue weighted by Gasteiger charge is 2.17. The molecule has 0 aliphatic heterocycles. The summed E-state index contributed by atoms with van der Waals surface area (Å²) in [6.45, 7) is 2.15. The van der Waals surface area contributed by atoms with E-state index in [-0.39, 0.29) is 0 Å². The SMILES string of the molecule is CCCCSc1nnc(-c2cc(OC)c(OC)c(OC)c2)o1. The number of unbranched alkanes of at least 4 members (excludes halogenated alkanes) is 1. The Morgan fingerprint density at radius 2 is 1.73 bits per heavy atom. The standard InChI is InChI=1S/C15H20N2O4S/c1-5-6-7-22-15-17-16-14(21-15)10-8-11(18-2)13(20-4)12(9-10)19-3/h8-9H,5-7H2,1-4H3. The van der Waals surface area contributed by atoms with Gasteiger partial charge in [0.1, 0.15) is 0 Å². The van der Waals surface area contributed by atoms with Crippen molar-refractivity contribution in [3.05, 3.63) is 12.1 Å². The predicted octanol–water partition coefficient (Wildman–Crippen LogP) is 3.65. The van der Waals surface area contributed by atoms with Crippen LogP contribution in [0, 0.1) is 0 Å². The van der Waals surface area contributed by atoms with Gasteiger partial charge in [0.05, 0.1) is 21.3 Å². The van der Waals surface area contributed by atoms with Crippen LogP contribution in [0.4, 0.5) is 0 Å². The highest BCUT2D eigenvalue weighted by atomic mass is 32.2. The van der Waals surface area contributed by atoms with Crippen LogP contribution in [0.1, 0.15) is 19.8 Å². The largest absolute Gasteiger partial charge is 0.493 e. The van der Waals surface area contributed by atoms with Crippen molar-refractivity contribution in [3.8, 4) is 28.7 Å². The van der Waals surface area contributed by atoms with E-state index in [4.69, 9.17) is 18.6 Å². The minimum absolute atomic E-state index is 0.429. The average molecular weight is 324 g/mol. The van der Waals surface area contributed by atoms with E-state index in [9.17, 15) is 0 Å². The summed E-state index contributed by atoms with van der Waals surface area (Å²) in [5.41, 5.74) is 0.726. The third kappa shape index (κ3) is 3.65. The maximum atomic E-state index is 5.68. The van der Waals surface area contributed by atoms with Crippen molar-refractivity contribution in [1.29, 1.82) is 0 Å². The zero-order valence-electron chi connectivity index (χ0n) is 13.2. The first-order valence-electron chi connectivity index (χ1n) is 7.00. The first kappa shape index (κ1) is 16.5. The van der Waals surface area contributed by atoms with Gasteiger partial charge in [0.25, 0.3) is 5.22 Å². The number of rotatable bonds is 8. The van der Waals surface area contributed by atoms with E-state index in [2.05, 4.69) is 17.1 Å². The van der Waals surface area contributed by atoms with Crippen molar-refractivity contribution in [2.75, 3.05) is 27.1 Å². The van der Waals surface area contributed by atoms with Gasteiger partial charge in [-0.3, -0.25) is 0 Å². The number of thioether (sulfide) groups is 1. The smallest absolute Gasteiger partial charge is 0.276 e. The number of nitrogens with zero attached hydrogens (tertiary/aromatic N) is 2. The zero-order chi connectivity index (χ0) is 15.9. The molecule has 120 valence electrons. The molecule has 2 aromatic rings. The van der Waals surface area contributed by atoms with Crippen molar-refractivity contribution in [2.24, 2.45) is 0 Å². The number of benzene rings is 1. The molecule has 1 heterocycles. The summed E-state index contributed by atoms with van der Waals surface area (Å²) in [5.74, 6) is 3.03. The van der Waals surface area contributed by atoms with Crippen LogP contribution in [-0.2, 0) is 0 Å². The average Bonchev–Trinajstić information content (AvgIpc) is 3.02. The lowest BCUT2D eigenvalue weighted by Gasteiger charge is -2.12. The number of hydrogen-bond donors (Lipinski definition) is 0. The van der Waals surface area contributed by atoms with Crippen LogP contribution in [0.15, 0.2) is 21.8 Å². The second kappa shape index (κ2) is 7.93. The fraction of sp³-hybridized carbons (Fsp3) is 0.467. The molecular formula is C15H20N2O4S. The summed E-state index contributed by atoms with van der Waals surface area (Å²) >= 11 is 1.56. The van der Waals surface area contributed by atoms with Gasteiger partial charge in [-0.05, 0) is 18.6 Å². The van der Waals surface area contributed by atoms with E-state index >= 15 is 0 Å². The number of methoxy groups -OCH3 is 3. The molecule has 0 aliphatic carbocycles. The monoisotopic (exact) mass is 324 g/mol. The minimum Gasteiger partial charge on any atom is -0.493 e. The second-order valence-electron chi connectivity index (χ2n) is 4.49. The van der Waals surface area contributed by atoms with Crippen LogP contribution >= 0.6 is 11.8 Å². The van der Waals surface area contributed by atoms with Crippen LogP contribution in [0.25, 0.3) is 11.5 Å². The van der Waals surface area contributed by atoms with E-state index in [0.29, 0.717) is 28.4 Å². The summed E-state index contributed by atoms with van der Waals surface area (Å²) in [4.78, 5) is 0. The molecule has 0 spiro atoms. The van der Waals surface area contributed by atoms with E-state index in [1.165, 1.54) is 0 Å². The molecule has 0 saturated heterocycles. The molecule has 22 heavy (non-hydrogen) atoms. The van der Waals surface area contributed by atoms with Gasteiger partial charge in [-0.2, -0.15) is 0 Å². The maximum Gasteiger partial charge on any atom is 0.276 e. The fourth-order valence-corrected chi connectivity index (χ4v) is 2.74. The van der Waals surface area contributed by atoms with Gasteiger partial charge in [-0.1, -0.05) is 25.1 Å². The maximum absolute atomic E-state index is 5.68. The van der Waals surface area contributed by atoms with Crippen molar-refractivity contribution in [1.82, 2.24) is 10.2 Å². The lowest BCUT2D eigenvalue weighted by Crippen LogP contribution is -1.95. The van der Waals surface area contributed by atoms with Gasteiger partial charge in [0.15, 0.2) is 11.5 Å². The number of aromatic nitrogens is 2. The minimum atomic E-state index is 0.429. The van der Waals surface area contributed by atoms with Crippen molar-refractivity contribution in [2.45, 2.75) is 25.0 Å². The molecule has 0 atom stereocenters. The highest BCUT2D eigenvalue weighted by Crippen LogP contribution is 2.41. The Hall–Kier alpha value is -1.89. The van der Waals surface area contributed by atoms with Gasteiger partial charge in [0.2, 0.25) is 11.6 Å². The molecule has 1 aromatic carbocycles. The van der Waals surface area contributed by atoms with Crippen molar-refractivity contribution < 1.29 is 18.6 Å². The molecule has 6 nitrogen and oxygen atoms in total. The Bertz CT molecular complexity index is 590. The van der Waals surface area contributed by atoms with Gasteiger partial charge in [-0.25, -0.2) is 0 Å². The van der Waals surface area contributed by atoms with Gasteiger partial charge in [0, 0.05) is 11.3 Å². The van der Waals surface area contributed by atoms with Crippen LogP contribution in [0.3, 0.4) is 0 Å². The zero-order valence-corrected chi connectivity index (χ0v) is 14.0. The Labute approximate surface area is 134 Å². The molecule has 0 amide bonds. The quantitative estimate of drug-likeness (QED) is 0.542. The molecule has 2 rings (SSSR count). The molecule has 0 N–H and O–H groups in total. The first-order valence-corrected chi connectivity index (χ1v) is 7.98. The summed E-state index contributed by atoms with van der Waals surface area (Å²) in [7, 11) is 4.71. The predicted molar refractivity (Wildman–Crippen MR) is 85.0 cm³/mol. The van der Waals surface area contributed by atoms with Crippen molar-refractivity contribution >= 4 is 11.8 Å². The number of hydrogen-bond acceptors (Lipinski definition) is 7. The Morgan fingerprint density at radius 3 is 2.27 bits per heavy atom. The third-order valence-corrected chi connectivity index (χ3v) is 3.95. The van der Waals surface area contributed by atoms with Crippen LogP contribution < -0.4 is 14.2 Å². The number of ether oxygens (including phenoxy) is 3.